The Kier molecular flexibility index (Phi) is 2.94. The number of thiol groups is 1. The van der Waals surface area contributed by atoms with E-state index in [2.05, 4.69) is 42.6 Å². The number of pyridine rings is 1. The Bertz CT molecular complexity index is 475. The molecule has 0 spiro atoms. The molecule has 2 rings (SSSR count). The van der Waals surface area contributed by atoms with E-state index in [1.165, 1.54) is 10.9 Å². The fourth-order valence-corrected chi connectivity index (χ4v) is 2.24. The zero-order chi connectivity index (χ0) is 10.9. The number of fused-ring (bicyclic) bond motifs is 1. The van der Waals surface area contributed by atoms with Crippen molar-refractivity contribution in [2.45, 2.75) is 18.6 Å². The maximum absolute atomic E-state index is 4.36. The Labute approximate surface area is 99.1 Å². The lowest BCUT2D eigenvalue weighted by Crippen LogP contribution is -2.10. The van der Waals surface area contributed by atoms with Crippen molar-refractivity contribution in [3.8, 4) is 0 Å². The Balaban J connectivity index is 2.71. The first-order valence-electron chi connectivity index (χ1n) is 4.82. The van der Waals surface area contributed by atoms with Gasteiger partial charge >= 0.3 is 0 Å². The molecule has 1 heterocycles. The molecule has 0 bridgehead atoms. The summed E-state index contributed by atoms with van der Waals surface area (Å²) in [6.07, 6.45) is 1.86. The number of nitrogens with zero attached hydrogens (tertiary/aromatic N) is 1. The number of aromatic nitrogens is 1. The van der Waals surface area contributed by atoms with E-state index in [1.807, 2.05) is 24.4 Å². The maximum Gasteiger partial charge on any atom is 0.0705 e. The highest BCUT2D eigenvalue weighted by Gasteiger charge is 2.21. The summed E-state index contributed by atoms with van der Waals surface area (Å²) in [4.78, 5) is 4.36. The summed E-state index contributed by atoms with van der Waals surface area (Å²) in [6, 6.07) is 10.3. The molecule has 78 valence electrons. The second kappa shape index (κ2) is 4.06. The van der Waals surface area contributed by atoms with Crippen molar-refractivity contribution >= 4 is 33.4 Å². The van der Waals surface area contributed by atoms with Crippen LogP contribution in [0.25, 0.3) is 10.9 Å². The van der Waals surface area contributed by atoms with Gasteiger partial charge < -0.3 is 0 Å². The van der Waals surface area contributed by atoms with Gasteiger partial charge in [0.15, 0.2) is 0 Å². The van der Waals surface area contributed by atoms with E-state index in [4.69, 9.17) is 0 Å². The highest BCUT2D eigenvalue weighted by Crippen LogP contribution is 2.40. The Morgan fingerprint density at radius 2 is 1.93 bits per heavy atom. The normalized spacial score (nSPS) is 11.9. The predicted octanol–water partition coefficient (Wildman–Crippen LogP) is 4.05. The summed E-state index contributed by atoms with van der Waals surface area (Å²) in [5.41, 5.74) is 2.33. The molecule has 2 aromatic rings. The van der Waals surface area contributed by atoms with Crippen LogP contribution in [0.4, 0.5) is 0 Å². The minimum absolute atomic E-state index is 0.00561. The molecule has 0 aliphatic rings. The van der Waals surface area contributed by atoms with Crippen molar-refractivity contribution in [1.29, 1.82) is 0 Å². The Morgan fingerprint density at radius 3 is 2.67 bits per heavy atom. The zero-order valence-electron chi connectivity index (χ0n) is 8.77. The van der Waals surface area contributed by atoms with Crippen LogP contribution in [0.1, 0.15) is 19.4 Å². The van der Waals surface area contributed by atoms with Crippen molar-refractivity contribution in [2.75, 3.05) is 0 Å². The van der Waals surface area contributed by atoms with Crippen LogP contribution in [0, 0.1) is 0 Å². The average Bonchev–Trinajstić information content (AvgIpc) is 2.28. The molecular weight excluding hydrogens is 222 g/mol. The van der Waals surface area contributed by atoms with E-state index >= 15 is 0 Å². The van der Waals surface area contributed by atoms with E-state index in [1.54, 1.807) is 10.8 Å². The highest BCUT2D eigenvalue weighted by atomic mass is 33.1. The van der Waals surface area contributed by atoms with Crippen molar-refractivity contribution in [3.05, 3.63) is 42.1 Å². The molecule has 0 atom stereocenters. The molecule has 0 aliphatic heterocycles. The van der Waals surface area contributed by atoms with Gasteiger partial charge in [-0.05, 0) is 31.5 Å². The third-order valence-corrected chi connectivity index (χ3v) is 4.57. The van der Waals surface area contributed by atoms with Crippen LogP contribution in [0.2, 0.25) is 0 Å². The summed E-state index contributed by atoms with van der Waals surface area (Å²) in [7, 11) is 1.56. The molecule has 0 radical (unpaired) electrons. The molecule has 3 heteroatoms. The first-order chi connectivity index (χ1) is 7.15. The molecule has 1 aromatic heterocycles. The van der Waals surface area contributed by atoms with Crippen molar-refractivity contribution in [1.82, 2.24) is 4.98 Å². The van der Waals surface area contributed by atoms with Gasteiger partial charge in [0.05, 0.1) is 5.52 Å². The quantitative estimate of drug-likeness (QED) is 0.623. The molecular formula is C12H13NS2. The first-order valence-corrected chi connectivity index (χ1v) is 6.69. The van der Waals surface area contributed by atoms with Gasteiger partial charge in [0.25, 0.3) is 0 Å². The van der Waals surface area contributed by atoms with Gasteiger partial charge in [0, 0.05) is 16.3 Å². The molecule has 15 heavy (non-hydrogen) atoms. The van der Waals surface area contributed by atoms with Gasteiger partial charge in [-0.3, -0.25) is 4.98 Å². The molecule has 0 amide bonds. The summed E-state index contributed by atoms with van der Waals surface area (Å²) >= 11 is 4.33. The lowest BCUT2D eigenvalue weighted by atomic mass is 9.98. The molecule has 0 saturated carbocycles. The smallest absolute Gasteiger partial charge is 0.0705 e. The molecule has 1 nitrogen and oxygen atoms in total. The first kappa shape index (κ1) is 10.8. The fourth-order valence-electron chi connectivity index (χ4n) is 1.67. The summed E-state index contributed by atoms with van der Waals surface area (Å²) in [5.74, 6) is 0. The minimum Gasteiger partial charge on any atom is -0.256 e. The van der Waals surface area contributed by atoms with Crippen LogP contribution < -0.4 is 0 Å². The van der Waals surface area contributed by atoms with Gasteiger partial charge in [-0.2, -0.15) is 0 Å². The molecule has 0 fully saturated rings. The molecule has 0 aliphatic carbocycles. The fraction of sp³-hybridized carbons (Fsp3) is 0.250. The van der Waals surface area contributed by atoms with Crippen LogP contribution in [0.3, 0.4) is 0 Å². The summed E-state index contributed by atoms with van der Waals surface area (Å²) < 4.78 is 0.00561. The van der Waals surface area contributed by atoms with E-state index < -0.39 is 0 Å². The third kappa shape index (κ3) is 1.99. The molecule has 1 aromatic carbocycles. The summed E-state index contributed by atoms with van der Waals surface area (Å²) in [5, 5.41) is 1.21. The molecule has 0 unspecified atom stereocenters. The van der Waals surface area contributed by atoms with E-state index in [9.17, 15) is 0 Å². The van der Waals surface area contributed by atoms with Crippen molar-refractivity contribution in [3.63, 3.8) is 0 Å². The van der Waals surface area contributed by atoms with Gasteiger partial charge in [0.1, 0.15) is 0 Å². The topological polar surface area (TPSA) is 12.9 Å². The predicted molar refractivity (Wildman–Crippen MR) is 71.3 cm³/mol. The number of rotatable bonds is 2. The van der Waals surface area contributed by atoms with Crippen LogP contribution in [0.15, 0.2) is 36.5 Å². The van der Waals surface area contributed by atoms with Crippen LogP contribution in [-0.4, -0.2) is 4.98 Å². The van der Waals surface area contributed by atoms with E-state index in [-0.39, 0.29) is 4.75 Å². The number of para-hydroxylation sites is 1. The van der Waals surface area contributed by atoms with E-state index in [0.717, 1.165) is 5.52 Å². The third-order valence-electron chi connectivity index (χ3n) is 2.53. The van der Waals surface area contributed by atoms with Crippen molar-refractivity contribution < 1.29 is 0 Å². The minimum atomic E-state index is 0.00561. The maximum atomic E-state index is 4.36. The molecule has 0 N–H and O–H groups in total. The summed E-state index contributed by atoms with van der Waals surface area (Å²) in [6.45, 7) is 4.35. The monoisotopic (exact) mass is 235 g/mol. The number of hydrogen-bond acceptors (Lipinski definition) is 3. The second-order valence-corrected chi connectivity index (χ2v) is 5.73. The highest BCUT2D eigenvalue weighted by molar-refractivity contribution is 8.69. The standard InChI is InChI=1S/C12H13NS2/c1-12(2,15-14)10-7-8-13-11-6-4-3-5-9(10)11/h3-8,14H,1-2H3. The van der Waals surface area contributed by atoms with Gasteiger partial charge in [-0.25, -0.2) is 0 Å². The lowest BCUT2D eigenvalue weighted by molar-refractivity contribution is 0.797. The van der Waals surface area contributed by atoms with Crippen molar-refractivity contribution in [2.24, 2.45) is 0 Å². The number of hydrogen-bond donors (Lipinski definition) is 1. The Hall–Kier alpha value is -0.670. The van der Waals surface area contributed by atoms with Crippen LogP contribution in [-0.2, 0) is 4.75 Å². The number of benzene rings is 1. The lowest BCUT2D eigenvalue weighted by Gasteiger charge is -2.23. The van der Waals surface area contributed by atoms with Crippen LogP contribution in [0.5, 0.6) is 0 Å². The largest absolute Gasteiger partial charge is 0.256 e. The van der Waals surface area contributed by atoms with Gasteiger partial charge in [0.2, 0.25) is 0 Å². The van der Waals surface area contributed by atoms with Gasteiger partial charge in [-0.15, -0.1) is 11.7 Å². The zero-order valence-corrected chi connectivity index (χ0v) is 10.5. The molecule has 0 saturated heterocycles. The average molecular weight is 235 g/mol. The van der Waals surface area contributed by atoms with E-state index in [0.29, 0.717) is 0 Å². The Morgan fingerprint density at radius 1 is 1.20 bits per heavy atom. The van der Waals surface area contributed by atoms with Gasteiger partial charge in [-0.1, -0.05) is 29.0 Å². The second-order valence-electron chi connectivity index (χ2n) is 3.98. The SMILES string of the molecule is CC(C)(SS)c1ccnc2ccccc12. The van der Waals surface area contributed by atoms with Crippen LogP contribution >= 0.6 is 22.5 Å².